The maximum atomic E-state index is 13.5. The second-order valence-corrected chi connectivity index (χ2v) is 8.92. The molecule has 2 atom stereocenters. The zero-order valence-electron chi connectivity index (χ0n) is 20.9. The standard InChI is InChI=1S/C29H30N4O4/c1-3-33-25-13-9-8-12-22(25)23-16-19(14-15-26(23)33)27(37-21-10-6-5-7-11-21)29(35)31-28(34)24-17-20(18-30-24)32-36-4-2/h5-16,24,27,30H,3-4,17-18H2,1-2H3,(H,31,34,35)/t24-,27?/m0/s1. The molecule has 1 saturated heterocycles. The van der Waals surface area contributed by atoms with Gasteiger partial charge >= 0.3 is 0 Å². The Balaban J connectivity index is 1.46. The Hall–Kier alpha value is -4.17. The van der Waals surface area contributed by atoms with Crippen molar-refractivity contribution in [3.05, 3.63) is 78.4 Å². The van der Waals surface area contributed by atoms with Crippen molar-refractivity contribution in [3.63, 3.8) is 0 Å². The van der Waals surface area contributed by atoms with Crippen LogP contribution in [0.2, 0.25) is 0 Å². The van der Waals surface area contributed by atoms with Gasteiger partial charge in [0.1, 0.15) is 12.4 Å². The number of para-hydroxylation sites is 2. The largest absolute Gasteiger partial charge is 0.476 e. The fourth-order valence-electron chi connectivity index (χ4n) is 4.79. The van der Waals surface area contributed by atoms with E-state index in [0.717, 1.165) is 34.1 Å². The van der Waals surface area contributed by atoms with Gasteiger partial charge < -0.3 is 19.5 Å². The lowest BCUT2D eigenvalue weighted by Crippen LogP contribution is -2.45. The highest BCUT2D eigenvalue weighted by molar-refractivity contribution is 6.09. The summed E-state index contributed by atoms with van der Waals surface area (Å²) in [6.45, 7) is 5.68. The second kappa shape index (κ2) is 10.8. The summed E-state index contributed by atoms with van der Waals surface area (Å²) in [5.74, 6) is -0.405. The van der Waals surface area contributed by atoms with Crippen LogP contribution < -0.4 is 15.4 Å². The number of ether oxygens (including phenoxy) is 1. The Bertz CT molecular complexity index is 1460. The number of amides is 2. The van der Waals surface area contributed by atoms with Crippen molar-refractivity contribution >= 4 is 39.3 Å². The molecule has 0 spiro atoms. The zero-order valence-corrected chi connectivity index (χ0v) is 20.9. The number of carbonyl (C=O) groups is 2. The molecule has 4 aromatic rings. The zero-order chi connectivity index (χ0) is 25.8. The van der Waals surface area contributed by atoms with Crippen molar-refractivity contribution in [1.29, 1.82) is 0 Å². The predicted octanol–water partition coefficient (Wildman–Crippen LogP) is 4.33. The number of aromatic nitrogens is 1. The normalized spacial score (nSPS) is 17.2. The Morgan fingerprint density at radius 3 is 2.57 bits per heavy atom. The molecule has 1 aliphatic heterocycles. The fraction of sp³-hybridized carbons (Fsp3) is 0.276. The summed E-state index contributed by atoms with van der Waals surface area (Å²) in [7, 11) is 0. The third-order valence-electron chi connectivity index (χ3n) is 6.53. The van der Waals surface area contributed by atoms with Crippen molar-refractivity contribution in [1.82, 2.24) is 15.2 Å². The van der Waals surface area contributed by atoms with Crippen molar-refractivity contribution in [2.75, 3.05) is 13.2 Å². The Morgan fingerprint density at radius 2 is 1.78 bits per heavy atom. The highest BCUT2D eigenvalue weighted by atomic mass is 16.6. The molecule has 0 radical (unpaired) electrons. The van der Waals surface area contributed by atoms with Gasteiger partial charge in [0.05, 0.1) is 11.8 Å². The molecular weight excluding hydrogens is 468 g/mol. The van der Waals surface area contributed by atoms with Crippen LogP contribution in [-0.4, -0.2) is 41.3 Å². The topological polar surface area (TPSA) is 93.9 Å². The highest BCUT2D eigenvalue weighted by Gasteiger charge is 2.31. The van der Waals surface area contributed by atoms with Crippen LogP contribution in [-0.2, 0) is 21.0 Å². The number of benzene rings is 3. The van der Waals surface area contributed by atoms with E-state index in [1.807, 2.05) is 55.5 Å². The van der Waals surface area contributed by atoms with Gasteiger partial charge in [0.15, 0.2) is 0 Å². The lowest BCUT2D eigenvalue weighted by atomic mass is 10.0. The van der Waals surface area contributed by atoms with E-state index in [1.165, 1.54) is 0 Å². The molecule has 0 saturated carbocycles. The summed E-state index contributed by atoms with van der Waals surface area (Å²) in [4.78, 5) is 31.5. The first kappa shape index (κ1) is 24.5. The first-order valence-corrected chi connectivity index (χ1v) is 12.6. The molecule has 8 heteroatoms. The molecular formula is C29H30N4O4. The van der Waals surface area contributed by atoms with Gasteiger partial charge in [-0.25, -0.2) is 0 Å². The lowest BCUT2D eigenvalue weighted by molar-refractivity contribution is -0.135. The van der Waals surface area contributed by atoms with Crippen LogP contribution in [0.25, 0.3) is 21.8 Å². The maximum absolute atomic E-state index is 13.5. The quantitative estimate of drug-likeness (QED) is 0.353. The lowest BCUT2D eigenvalue weighted by Gasteiger charge is -2.20. The van der Waals surface area contributed by atoms with Crippen LogP contribution in [0.15, 0.2) is 78.0 Å². The molecule has 1 unspecified atom stereocenters. The van der Waals surface area contributed by atoms with Crippen molar-refractivity contribution in [2.24, 2.45) is 5.16 Å². The second-order valence-electron chi connectivity index (χ2n) is 8.92. The van der Waals surface area contributed by atoms with Gasteiger partial charge in [-0.15, -0.1) is 0 Å². The average Bonchev–Trinajstić information content (AvgIpc) is 3.53. The van der Waals surface area contributed by atoms with Crippen molar-refractivity contribution in [3.8, 4) is 5.75 Å². The first-order valence-electron chi connectivity index (χ1n) is 12.6. The number of nitrogens with one attached hydrogen (secondary N) is 2. The number of fused-ring (bicyclic) bond motifs is 3. The summed E-state index contributed by atoms with van der Waals surface area (Å²) >= 11 is 0. The van der Waals surface area contributed by atoms with Gasteiger partial charge in [0, 0.05) is 46.9 Å². The summed E-state index contributed by atoms with van der Waals surface area (Å²) in [6, 6.07) is 22.7. The van der Waals surface area contributed by atoms with E-state index < -0.39 is 24.0 Å². The van der Waals surface area contributed by atoms with Gasteiger partial charge in [-0.2, -0.15) is 0 Å². The number of carbonyl (C=O) groups excluding carboxylic acids is 2. The van der Waals surface area contributed by atoms with Crippen LogP contribution in [0, 0.1) is 0 Å². The van der Waals surface area contributed by atoms with Crippen LogP contribution in [0.5, 0.6) is 5.75 Å². The SMILES string of the molecule is CCON=C1CN[C@H](C(=O)NC(=O)C(Oc2ccccc2)c2ccc3c(c2)c2ccccc2n3CC)C1. The summed E-state index contributed by atoms with van der Waals surface area (Å²) in [5.41, 5.74) is 3.62. The van der Waals surface area contributed by atoms with Crippen LogP contribution in [0.4, 0.5) is 0 Å². The molecule has 3 aromatic carbocycles. The molecule has 2 heterocycles. The van der Waals surface area contributed by atoms with Crippen molar-refractivity contribution < 1.29 is 19.2 Å². The molecule has 8 nitrogen and oxygen atoms in total. The minimum absolute atomic E-state index is 0.381. The van der Waals surface area contributed by atoms with E-state index in [0.29, 0.717) is 30.9 Å². The van der Waals surface area contributed by atoms with Crippen LogP contribution in [0.1, 0.15) is 31.9 Å². The number of imide groups is 1. The third-order valence-corrected chi connectivity index (χ3v) is 6.53. The number of rotatable bonds is 8. The van der Waals surface area contributed by atoms with Crippen molar-refractivity contribution in [2.45, 2.75) is 39.0 Å². The molecule has 5 rings (SSSR count). The number of hydrogen-bond donors (Lipinski definition) is 2. The number of aryl methyl sites for hydroxylation is 1. The Labute approximate surface area is 215 Å². The van der Waals surface area contributed by atoms with E-state index in [1.54, 1.807) is 12.1 Å². The highest BCUT2D eigenvalue weighted by Crippen LogP contribution is 2.32. The van der Waals surface area contributed by atoms with Gasteiger partial charge in [0.25, 0.3) is 5.91 Å². The Morgan fingerprint density at radius 1 is 1.03 bits per heavy atom. The van der Waals surface area contributed by atoms with Gasteiger partial charge in [-0.05, 0) is 44.2 Å². The number of nitrogens with zero attached hydrogens (tertiary/aromatic N) is 2. The smallest absolute Gasteiger partial charge is 0.272 e. The minimum atomic E-state index is -1.02. The third kappa shape index (κ3) is 5.06. The summed E-state index contributed by atoms with van der Waals surface area (Å²) in [6.07, 6.45) is -0.635. The predicted molar refractivity (Wildman–Crippen MR) is 144 cm³/mol. The van der Waals surface area contributed by atoms with E-state index in [4.69, 9.17) is 9.57 Å². The summed E-state index contributed by atoms with van der Waals surface area (Å²) in [5, 5.41) is 11.8. The fourth-order valence-corrected chi connectivity index (χ4v) is 4.79. The molecule has 1 fully saturated rings. The van der Waals surface area contributed by atoms with E-state index in [-0.39, 0.29) is 0 Å². The number of hydrogen-bond acceptors (Lipinski definition) is 6. The summed E-state index contributed by atoms with van der Waals surface area (Å²) < 4.78 is 8.41. The minimum Gasteiger partial charge on any atom is -0.476 e. The molecule has 190 valence electrons. The van der Waals surface area contributed by atoms with E-state index in [9.17, 15) is 9.59 Å². The molecule has 37 heavy (non-hydrogen) atoms. The molecule has 1 aliphatic rings. The number of oxime groups is 1. The van der Waals surface area contributed by atoms with E-state index >= 15 is 0 Å². The molecule has 2 amide bonds. The van der Waals surface area contributed by atoms with Gasteiger partial charge in [-0.3, -0.25) is 14.9 Å². The average molecular weight is 499 g/mol. The first-order chi connectivity index (χ1) is 18.1. The molecule has 2 N–H and O–H groups in total. The molecule has 0 aliphatic carbocycles. The van der Waals surface area contributed by atoms with Crippen LogP contribution >= 0.6 is 0 Å². The molecule has 1 aromatic heterocycles. The van der Waals surface area contributed by atoms with Crippen LogP contribution in [0.3, 0.4) is 0 Å². The Kier molecular flexibility index (Phi) is 7.18. The maximum Gasteiger partial charge on any atom is 0.272 e. The van der Waals surface area contributed by atoms with Gasteiger partial charge in [0.2, 0.25) is 12.0 Å². The monoisotopic (exact) mass is 498 g/mol. The molecule has 0 bridgehead atoms. The van der Waals surface area contributed by atoms with E-state index in [2.05, 4.69) is 39.4 Å². The van der Waals surface area contributed by atoms with Gasteiger partial charge in [-0.1, -0.05) is 47.6 Å².